The lowest BCUT2D eigenvalue weighted by Crippen LogP contribution is -2.29. The topological polar surface area (TPSA) is 78.6 Å². The van der Waals surface area contributed by atoms with Crippen molar-refractivity contribution in [3.8, 4) is 0 Å². The average molecular weight is 363 g/mol. The van der Waals surface area contributed by atoms with Gasteiger partial charge in [0.2, 0.25) is 5.96 Å². The number of H-pyrrole nitrogens is 1. The molecule has 1 aliphatic rings. The number of fused-ring (bicyclic) bond motifs is 3. The molecule has 0 bridgehead atoms. The zero-order chi connectivity index (χ0) is 18.8. The van der Waals surface area contributed by atoms with E-state index in [0.717, 1.165) is 41.7 Å². The largest absolute Gasteiger partial charge is 0.369 e. The van der Waals surface area contributed by atoms with E-state index in [1.807, 2.05) is 0 Å². The summed E-state index contributed by atoms with van der Waals surface area (Å²) in [6.45, 7) is 2.48. The van der Waals surface area contributed by atoms with Crippen LogP contribution in [0.1, 0.15) is 35.2 Å². The van der Waals surface area contributed by atoms with Crippen molar-refractivity contribution in [3.05, 3.63) is 70.7 Å². The van der Waals surface area contributed by atoms with E-state index in [2.05, 4.69) is 45.6 Å². The van der Waals surface area contributed by atoms with Crippen LogP contribution in [0.5, 0.6) is 0 Å². The molecule has 4 rings (SSSR count). The Labute approximate surface area is 157 Å². The van der Waals surface area contributed by atoms with Crippen LogP contribution >= 0.6 is 0 Å². The second-order valence-corrected chi connectivity index (χ2v) is 6.88. The molecule has 0 amide bonds. The lowest BCUT2D eigenvalue weighted by Gasteiger charge is -2.14. The van der Waals surface area contributed by atoms with Gasteiger partial charge in [-0.05, 0) is 61.6 Å². The summed E-state index contributed by atoms with van der Waals surface area (Å²) in [5, 5.41) is 5.76. The number of aliphatic imine (C=N–C) groups is 1. The molecule has 138 valence electrons. The summed E-state index contributed by atoms with van der Waals surface area (Å²) in [6.07, 6.45) is 2.99. The number of rotatable bonds is 3. The monoisotopic (exact) mass is 363 g/mol. The van der Waals surface area contributed by atoms with E-state index in [4.69, 9.17) is 5.73 Å². The number of nitrogens with one attached hydrogen (secondary N) is 2. The SMILES string of the molecule is Cc1ccc2[nH]c3c(c2c1)CCC/C3=N/NC(N)=NCc1ccc(F)cc1. The predicted molar refractivity (Wildman–Crippen MR) is 107 cm³/mol. The summed E-state index contributed by atoms with van der Waals surface area (Å²) in [7, 11) is 0. The van der Waals surface area contributed by atoms with Gasteiger partial charge < -0.3 is 10.7 Å². The highest BCUT2D eigenvalue weighted by Gasteiger charge is 2.20. The number of nitrogens with zero attached hydrogens (tertiary/aromatic N) is 2. The summed E-state index contributed by atoms with van der Waals surface area (Å²) in [6, 6.07) is 12.7. The van der Waals surface area contributed by atoms with Crippen LogP contribution in [0.2, 0.25) is 0 Å². The lowest BCUT2D eigenvalue weighted by atomic mass is 9.94. The van der Waals surface area contributed by atoms with Crippen molar-refractivity contribution >= 4 is 22.6 Å². The molecule has 6 heteroatoms. The van der Waals surface area contributed by atoms with Crippen molar-refractivity contribution in [1.29, 1.82) is 0 Å². The minimum absolute atomic E-state index is 0.242. The first-order valence-corrected chi connectivity index (χ1v) is 9.08. The van der Waals surface area contributed by atoms with Crippen molar-refractivity contribution in [1.82, 2.24) is 10.4 Å². The maximum Gasteiger partial charge on any atom is 0.209 e. The van der Waals surface area contributed by atoms with Crippen molar-refractivity contribution in [2.45, 2.75) is 32.7 Å². The van der Waals surface area contributed by atoms with E-state index in [0.29, 0.717) is 6.54 Å². The Morgan fingerprint density at radius 3 is 2.81 bits per heavy atom. The third-order valence-corrected chi connectivity index (χ3v) is 4.84. The number of halogens is 1. The second-order valence-electron chi connectivity index (χ2n) is 6.88. The third kappa shape index (κ3) is 3.69. The molecule has 2 aromatic carbocycles. The Balaban J connectivity index is 1.52. The van der Waals surface area contributed by atoms with Crippen LogP contribution in [-0.2, 0) is 13.0 Å². The van der Waals surface area contributed by atoms with Gasteiger partial charge >= 0.3 is 0 Å². The van der Waals surface area contributed by atoms with Crippen LogP contribution < -0.4 is 11.2 Å². The second kappa shape index (κ2) is 7.23. The van der Waals surface area contributed by atoms with Gasteiger partial charge in [-0.2, -0.15) is 5.10 Å². The predicted octanol–water partition coefficient (Wildman–Crippen LogP) is 3.76. The molecule has 0 fully saturated rings. The van der Waals surface area contributed by atoms with E-state index in [9.17, 15) is 4.39 Å². The summed E-state index contributed by atoms with van der Waals surface area (Å²) in [5.74, 6) is -0.0206. The fourth-order valence-corrected chi connectivity index (χ4v) is 3.46. The molecular formula is C21H22FN5. The van der Waals surface area contributed by atoms with Gasteiger partial charge in [0.25, 0.3) is 0 Å². The van der Waals surface area contributed by atoms with E-state index in [1.54, 1.807) is 12.1 Å². The maximum atomic E-state index is 12.9. The fraction of sp³-hybridized carbons (Fsp3) is 0.238. The van der Waals surface area contributed by atoms with Gasteiger partial charge in [0.15, 0.2) is 0 Å². The molecule has 3 aromatic rings. The number of benzene rings is 2. The van der Waals surface area contributed by atoms with Gasteiger partial charge in [0.1, 0.15) is 5.82 Å². The number of aromatic amines is 1. The molecule has 27 heavy (non-hydrogen) atoms. The Bertz CT molecular complexity index is 1030. The molecule has 0 unspecified atom stereocenters. The third-order valence-electron chi connectivity index (χ3n) is 4.84. The molecule has 1 aromatic heterocycles. The van der Waals surface area contributed by atoms with E-state index < -0.39 is 0 Å². The number of guanidine groups is 1. The minimum atomic E-state index is -0.262. The Morgan fingerprint density at radius 1 is 1.19 bits per heavy atom. The fourth-order valence-electron chi connectivity index (χ4n) is 3.46. The van der Waals surface area contributed by atoms with Gasteiger partial charge in [0.05, 0.1) is 18.0 Å². The average Bonchev–Trinajstić information content (AvgIpc) is 3.04. The highest BCUT2D eigenvalue weighted by molar-refractivity contribution is 6.06. The number of aromatic nitrogens is 1. The maximum absolute atomic E-state index is 12.9. The van der Waals surface area contributed by atoms with Crippen LogP contribution in [0.4, 0.5) is 4.39 Å². The zero-order valence-electron chi connectivity index (χ0n) is 15.2. The van der Waals surface area contributed by atoms with Gasteiger partial charge in [0, 0.05) is 10.9 Å². The zero-order valence-corrected chi connectivity index (χ0v) is 15.2. The van der Waals surface area contributed by atoms with Crippen molar-refractivity contribution in [3.63, 3.8) is 0 Å². The number of hydrazone groups is 1. The first-order chi connectivity index (χ1) is 13.1. The van der Waals surface area contributed by atoms with Gasteiger partial charge in [-0.3, -0.25) is 0 Å². The number of aryl methyl sites for hydroxylation is 2. The molecule has 0 aliphatic heterocycles. The minimum Gasteiger partial charge on any atom is -0.369 e. The highest BCUT2D eigenvalue weighted by atomic mass is 19.1. The number of nitrogens with two attached hydrogens (primary N) is 1. The highest BCUT2D eigenvalue weighted by Crippen LogP contribution is 2.29. The number of hydrogen-bond acceptors (Lipinski definition) is 2. The van der Waals surface area contributed by atoms with Gasteiger partial charge in [-0.25, -0.2) is 14.8 Å². The number of hydrogen-bond donors (Lipinski definition) is 3. The van der Waals surface area contributed by atoms with E-state index >= 15 is 0 Å². The van der Waals surface area contributed by atoms with Crippen LogP contribution in [0.3, 0.4) is 0 Å². The molecule has 0 atom stereocenters. The molecule has 0 saturated carbocycles. The summed E-state index contributed by atoms with van der Waals surface area (Å²) < 4.78 is 12.9. The molecule has 4 N–H and O–H groups in total. The normalized spacial score (nSPS) is 15.9. The van der Waals surface area contributed by atoms with Crippen LogP contribution in [-0.4, -0.2) is 16.7 Å². The van der Waals surface area contributed by atoms with Crippen LogP contribution in [0.25, 0.3) is 10.9 Å². The molecule has 5 nitrogen and oxygen atoms in total. The van der Waals surface area contributed by atoms with E-state index in [1.165, 1.54) is 28.6 Å². The molecule has 0 radical (unpaired) electrons. The smallest absolute Gasteiger partial charge is 0.209 e. The molecule has 0 spiro atoms. The Morgan fingerprint density at radius 2 is 2.00 bits per heavy atom. The first kappa shape index (κ1) is 17.3. The molecule has 0 saturated heterocycles. The van der Waals surface area contributed by atoms with Crippen LogP contribution in [0, 0.1) is 12.7 Å². The molecule has 1 heterocycles. The van der Waals surface area contributed by atoms with E-state index in [-0.39, 0.29) is 11.8 Å². The first-order valence-electron chi connectivity index (χ1n) is 9.08. The summed E-state index contributed by atoms with van der Waals surface area (Å²) in [4.78, 5) is 7.76. The lowest BCUT2D eigenvalue weighted by molar-refractivity contribution is 0.627. The Hall–Kier alpha value is -3.15. The molecule has 1 aliphatic carbocycles. The summed E-state index contributed by atoms with van der Waals surface area (Å²) >= 11 is 0. The quantitative estimate of drug-likeness (QED) is 0.376. The molecular weight excluding hydrogens is 341 g/mol. The van der Waals surface area contributed by atoms with Gasteiger partial charge in [-0.15, -0.1) is 0 Å². The van der Waals surface area contributed by atoms with Crippen molar-refractivity contribution < 1.29 is 4.39 Å². The Kier molecular flexibility index (Phi) is 4.62. The van der Waals surface area contributed by atoms with Crippen molar-refractivity contribution in [2.24, 2.45) is 15.8 Å². The standard InChI is InChI=1S/C21H22FN5/c1-13-5-10-18-17(11-13)16-3-2-4-19(20(16)25-18)26-27-21(23)24-12-14-6-8-15(22)9-7-14/h5-11,25H,2-4,12H2,1H3,(H3,23,24,27)/b26-19-. The van der Waals surface area contributed by atoms with Gasteiger partial charge in [-0.1, -0.05) is 23.8 Å². The van der Waals surface area contributed by atoms with Crippen molar-refractivity contribution in [2.75, 3.05) is 0 Å². The summed E-state index contributed by atoms with van der Waals surface area (Å²) in [5.41, 5.74) is 15.4. The van der Waals surface area contributed by atoms with Crippen LogP contribution in [0.15, 0.2) is 52.6 Å².